The molecule has 1 aliphatic heterocycles. The third kappa shape index (κ3) is 4.42. The maximum atomic E-state index is 12.0. The Kier molecular flexibility index (Phi) is 5.09. The van der Waals surface area contributed by atoms with Crippen LogP contribution >= 0.6 is 0 Å². The molecule has 0 radical (unpaired) electrons. The SMILES string of the molecule is CN(C)c1nc(N)nc(NCCC(=O)N2CCOCC2)n1. The Morgan fingerprint density at radius 2 is 2.05 bits per heavy atom. The lowest BCUT2D eigenvalue weighted by Crippen LogP contribution is -2.41. The molecule has 21 heavy (non-hydrogen) atoms. The highest BCUT2D eigenvalue weighted by atomic mass is 16.5. The van der Waals surface area contributed by atoms with Gasteiger partial charge in [0.2, 0.25) is 23.8 Å². The predicted octanol–water partition coefficient (Wildman–Crippen LogP) is -0.819. The van der Waals surface area contributed by atoms with Crippen LogP contribution in [-0.4, -0.2) is 72.7 Å². The topological polar surface area (TPSA) is 110 Å². The molecule has 1 aromatic rings. The zero-order valence-corrected chi connectivity index (χ0v) is 12.4. The molecule has 9 heteroatoms. The van der Waals surface area contributed by atoms with E-state index in [-0.39, 0.29) is 11.9 Å². The number of nitrogen functional groups attached to an aromatic ring is 1. The van der Waals surface area contributed by atoms with Gasteiger partial charge in [-0.05, 0) is 0 Å². The van der Waals surface area contributed by atoms with Gasteiger partial charge in [0.25, 0.3) is 0 Å². The number of ether oxygens (including phenoxy) is 1. The van der Waals surface area contributed by atoms with E-state index in [1.165, 1.54) is 0 Å². The second-order valence-electron chi connectivity index (χ2n) is 4.88. The summed E-state index contributed by atoms with van der Waals surface area (Å²) in [5.74, 6) is 1.10. The molecule has 0 atom stereocenters. The summed E-state index contributed by atoms with van der Waals surface area (Å²) in [5, 5.41) is 3.00. The van der Waals surface area contributed by atoms with Gasteiger partial charge < -0.3 is 25.6 Å². The summed E-state index contributed by atoms with van der Waals surface area (Å²) in [7, 11) is 3.64. The van der Waals surface area contributed by atoms with Gasteiger partial charge in [-0.25, -0.2) is 0 Å². The molecular formula is C12H21N7O2. The van der Waals surface area contributed by atoms with Gasteiger partial charge in [0.15, 0.2) is 0 Å². The van der Waals surface area contributed by atoms with Crippen LogP contribution in [-0.2, 0) is 9.53 Å². The van der Waals surface area contributed by atoms with E-state index in [4.69, 9.17) is 10.5 Å². The van der Waals surface area contributed by atoms with Crippen LogP contribution < -0.4 is 16.0 Å². The molecule has 1 aliphatic rings. The molecule has 0 spiro atoms. The number of hydrogen-bond donors (Lipinski definition) is 2. The molecule has 0 bridgehead atoms. The van der Waals surface area contributed by atoms with Crippen LogP contribution in [0.15, 0.2) is 0 Å². The largest absolute Gasteiger partial charge is 0.378 e. The smallest absolute Gasteiger partial charge is 0.231 e. The highest BCUT2D eigenvalue weighted by Crippen LogP contribution is 2.09. The third-order valence-electron chi connectivity index (χ3n) is 3.03. The number of morpholine rings is 1. The van der Waals surface area contributed by atoms with E-state index in [1.807, 2.05) is 14.1 Å². The van der Waals surface area contributed by atoms with Gasteiger partial charge >= 0.3 is 0 Å². The van der Waals surface area contributed by atoms with Gasteiger partial charge in [-0.3, -0.25) is 4.79 Å². The number of amides is 1. The molecule has 1 fully saturated rings. The molecular weight excluding hydrogens is 274 g/mol. The summed E-state index contributed by atoms with van der Waals surface area (Å²) in [6, 6.07) is 0. The van der Waals surface area contributed by atoms with Crippen LogP contribution in [0, 0.1) is 0 Å². The summed E-state index contributed by atoms with van der Waals surface area (Å²) < 4.78 is 5.22. The molecule has 2 heterocycles. The molecule has 1 aromatic heterocycles. The Morgan fingerprint density at radius 3 is 2.71 bits per heavy atom. The van der Waals surface area contributed by atoms with Gasteiger partial charge in [-0.2, -0.15) is 15.0 Å². The Bertz CT molecular complexity index is 488. The monoisotopic (exact) mass is 295 g/mol. The van der Waals surface area contributed by atoms with E-state index in [1.54, 1.807) is 9.80 Å². The number of aromatic nitrogens is 3. The zero-order valence-electron chi connectivity index (χ0n) is 12.4. The number of carbonyl (C=O) groups is 1. The lowest BCUT2D eigenvalue weighted by atomic mass is 10.3. The summed E-state index contributed by atoms with van der Waals surface area (Å²) in [6.45, 7) is 2.97. The van der Waals surface area contributed by atoms with Crippen molar-refractivity contribution in [1.82, 2.24) is 19.9 Å². The first kappa shape index (κ1) is 15.2. The number of rotatable bonds is 5. The van der Waals surface area contributed by atoms with Gasteiger partial charge in [0, 0.05) is 40.2 Å². The fourth-order valence-electron chi connectivity index (χ4n) is 1.91. The quantitative estimate of drug-likeness (QED) is 0.725. The molecule has 1 amide bonds. The maximum Gasteiger partial charge on any atom is 0.231 e. The first-order chi connectivity index (χ1) is 10.1. The van der Waals surface area contributed by atoms with Crippen molar-refractivity contribution >= 4 is 23.8 Å². The Morgan fingerprint density at radius 1 is 1.33 bits per heavy atom. The number of hydrogen-bond acceptors (Lipinski definition) is 8. The molecule has 3 N–H and O–H groups in total. The van der Waals surface area contributed by atoms with E-state index < -0.39 is 0 Å². The number of anilines is 3. The van der Waals surface area contributed by atoms with Crippen molar-refractivity contribution in [1.29, 1.82) is 0 Å². The van der Waals surface area contributed by atoms with Gasteiger partial charge in [0.1, 0.15) is 0 Å². The number of nitrogens with two attached hydrogens (primary N) is 1. The maximum absolute atomic E-state index is 12.0. The Hall–Kier alpha value is -2.16. The van der Waals surface area contributed by atoms with Crippen molar-refractivity contribution in [3.05, 3.63) is 0 Å². The molecule has 1 saturated heterocycles. The predicted molar refractivity (Wildman–Crippen MR) is 79.1 cm³/mol. The average molecular weight is 295 g/mol. The van der Waals surface area contributed by atoms with E-state index in [9.17, 15) is 4.79 Å². The van der Waals surface area contributed by atoms with Crippen molar-refractivity contribution < 1.29 is 9.53 Å². The first-order valence-electron chi connectivity index (χ1n) is 6.84. The van der Waals surface area contributed by atoms with Crippen molar-refractivity contribution in [2.75, 3.05) is 62.9 Å². The van der Waals surface area contributed by atoms with Gasteiger partial charge in [-0.15, -0.1) is 0 Å². The molecule has 0 saturated carbocycles. The minimum Gasteiger partial charge on any atom is -0.378 e. The standard InChI is InChI=1S/C12H21N7O2/c1-18(2)12-16-10(13)15-11(17-12)14-4-3-9(20)19-5-7-21-8-6-19/h3-8H2,1-2H3,(H3,13,14,15,16,17). The van der Waals surface area contributed by atoms with E-state index in [0.717, 1.165) is 0 Å². The van der Waals surface area contributed by atoms with Crippen LogP contribution in [0.4, 0.5) is 17.8 Å². The van der Waals surface area contributed by atoms with Gasteiger partial charge in [0.05, 0.1) is 13.2 Å². The van der Waals surface area contributed by atoms with Crippen LogP contribution in [0.3, 0.4) is 0 Å². The number of nitrogens with one attached hydrogen (secondary N) is 1. The van der Waals surface area contributed by atoms with Crippen molar-refractivity contribution in [3.63, 3.8) is 0 Å². The van der Waals surface area contributed by atoms with Crippen LogP contribution in [0.2, 0.25) is 0 Å². The van der Waals surface area contributed by atoms with Crippen molar-refractivity contribution in [2.45, 2.75) is 6.42 Å². The summed E-state index contributed by atoms with van der Waals surface area (Å²) >= 11 is 0. The van der Waals surface area contributed by atoms with E-state index in [2.05, 4.69) is 20.3 Å². The van der Waals surface area contributed by atoms with Crippen LogP contribution in [0.1, 0.15) is 6.42 Å². The first-order valence-corrected chi connectivity index (χ1v) is 6.84. The van der Waals surface area contributed by atoms with Crippen molar-refractivity contribution in [3.8, 4) is 0 Å². The molecule has 0 aliphatic carbocycles. The highest BCUT2D eigenvalue weighted by Gasteiger charge is 2.16. The number of nitrogens with zero attached hydrogens (tertiary/aromatic N) is 5. The van der Waals surface area contributed by atoms with Crippen LogP contribution in [0.5, 0.6) is 0 Å². The van der Waals surface area contributed by atoms with E-state index in [0.29, 0.717) is 51.2 Å². The minimum atomic E-state index is 0.0978. The fourth-order valence-corrected chi connectivity index (χ4v) is 1.91. The normalized spacial score (nSPS) is 14.9. The molecule has 0 aromatic carbocycles. The van der Waals surface area contributed by atoms with Gasteiger partial charge in [-0.1, -0.05) is 0 Å². The van der Waals surface area contributed by atoms with Crippen LogP contribution in [0.25, 0.3) is 0 Å². The molecule has 2 rings (SSSR count). The Labute approximate surface area is 123 Å². The molecule has 9 nitrogen and oxygen atoms in total. The summed E-state index contributed by atoms with van der Waals surface area (Å²) in [4.78, 5) is 27.7. The highest BCUT2D eigenvalue weighted by molar-refractivity contribution is 5.76. The fraction of sp³-hybridized carbons (Fsp3) is 0.667. The summed E-state index contributed by atoms with van der Waals surface area (Å²) in [6.07, 6.45) is 0.378. The Balaban J connectivity index is 1.84. The second-order valence-corrected chi connectivity index (χ2v) is 4.88. The third-order valence-corrected chi connectivity index (χ3v) is 3.03. The second kappa shape index (κ2) is 7.02. The average Bonchev–Trinajstić information content (AvgIpc) is 2.47. The van der Waals surface area contributed by atoms with Crippen molar-refractivity contribution in [2.24, 2.45) is 0 Å². The molecule has 0 unspecified atom stereocenters. The molecule has 116 valence electrons. The zero-order chi connectivity index (χ0) is 15.2. The number of carbonyl (C=O) groups excluding carboxylic acids is 1. The lowest BCUT2D eigenvalue weighted by molar-refractivity contribution is -0.134. The van der Waals surface area contributed by atoms with E-state index >= 15 is 0 Å². The lowest BCUT2D eigenvalue weighted by Gasteiger charge is -2.26. The summed E-state index contributed by atoms with van der Waals surface area (Å²) in [5.41, 5.74) is 5.63. The minimum absolute atomic E-state index is 0.0978.